The number of benzene rings is 4. The summed E-state index contributed by atoms with van der Waals surface area (Å²) in [6.07, 6.45) is 29.5. The third-order valence-corrected chi connectivity index (χ3v) is 12.5. The highest BCUT2D eigenvalue weighted by molar-refractivity contribution is 5.82. The maximum Gasteiger partial charge on any atom is 0.0629 e. The molecule has 3 nitrogen and oxygen atoms in total. The lowest BCUT2D eigenvalue weighted by molar-refractivity contribution is 0.403. The largest absolute Gasteiger partial charge is 0.387 e. The van der Waals surface area contributed by atoms with E-state index in [2.05, 4.69) is 193 Å². The van der Waals surface area contributed by atoms with Crippen LogP contribution in [0.15, 0.2) is 187 Å². The van der Waals surface area contributed by atoms with E-state index >= 15 is 0 Å². The van der Waals surface area contributed by atoms with E-state index in [1.807, 2.05) is 6.20 Å². The van der Waals surface area contributed by atoms with E-state index in [0.717, 1.165) is 19.4 Å². The Morgan fingerprint density at radius 3 is 2.45 bits per heavy atom. The highest BCUT2D eigenvalue weighted by Gasteiger charge is 2.44. The van der Waals surface area contributed by atoms with Gasteiger partial charge in [-0.1, -0.05) is 129 Å². The van der Waals surface area contributed by atoms with Crippen LogP contribution >= 0.6 is 0 Å². The maximum absolute atomic E-state index is 3.41. The summed E-state index contributed by atoms with van der Waals surface area (Å²) in [5, 5.41) is 3.41. The zero-order valence-corrected chi connectivity index (χ0v) is 30.5. The molecule has 0 saturated heterocycles. The van der Waals surface area contributed by atoms with Gasteiger partial charge >= 0.3 is 0 Å². The van der Waals surface area contributed by atoms with Gasteiger partial charge in [-0.15, -0.1) is 0 Å². The van der Waals surface area contributed by atoms with Gasteiger partial charge in [-0.3, -0.25) is 0 Å². The minimum absolute atomic E-state index is 0.0713. The fraction of sp³-hybridized carbons (Fsp3) is 0.200. The molecule has 10 rings (SSSR count). The van der Waals surface area contributed by atoms with E-state index in [9.17, 15) is 0 Å². The average Bonchev–Trinajstić information content (AvgIpc) is 3.67. The number of anilines is 3. The summed E-state index contributed by atoms with van der Waals surface area (Å²) < 4.78 is 0. The van der Waals surface area contributed by atoms with Crippen molar-refractivity contribution in [2.45, 2.75) is 50.1 Å². The Morgan fingerprint density at radius 2 is 1.60 bits per heavy atom. The number of nitrogens with one attached hydrogen (secondary N) is 1. The van der Waals surface area contributed by atoms with Gasteiger partial charge in [0.05, 0.1) is 12.1 Å². The third kappa shape index (κ3) is 5.32. The highest BCUT2D eigenvalue weighted by Crippen LogP contribution is 2.54. The second-order valence-electron chi connectivity index (χ2n) is 15.7. The van der Waals surface area contributed by atoms with Crippen LogP contribution in [-0.2, 0) is 5.41 Å². The van der Waals surface area contributed by atoms with Crippen molar-refractivity contribution in [3.8, 4) is 11.1 Å². The summed E-state index contributed by atoms with van der Waals surface area (Å²) in [6, 6.07) is 36.8. The first-order chi connectivity index (χ1) is 26.0. The summed E-state index contributed by atoms with van der Waals surface area (Å²) in [5.74, 6) is 0.770. The molecule has 4 atom stereocenters. The molecular formula is C50H45N3. The number of fused-ring (bicyclic) bond motifs is 6. The van der Waals surface area contributed by atoms with E-state index < -0.39 is 0 Å². The number of rotatable bonds is 6. The van der Waals surface area contributed by atoms with Gasteiger partial charge < -0.3 is 15.1 Å². The minimum Gasteiger partial charge on any atom is -0.387 e. The van der Waals surface area contributed by atoms with Gasteiger partial charge in [0.2, 0.25) is 0 Å². The van der Waals surface area contributed by atoms with Gasteiger partial charge in [-0.05, 0) is 123 Å². The second kappa shape index (κ2) is 12.7. The lowest BCUT2D eigenvalue weighted by atomic mass is 9.73. The van der Waals surface area contributed by atoms with Crippen LogP contribution in [0.4, 0.5) is 17.1 Å². The number of dihydropyridines is 1. The summed E-state index contributed by atoms with van der Waals surface area (Å²) in [7, 11) is 0. The van der Waals surface area contributed by atoms with Crippen molar-refractivity contribution < 1.29 is 0 Å². The van der Waals surface area contributed by atoms with Crippen molar-refractivity contribution >= 4 is 22.6 Å². The quantitative estimate of drug-likeness (QED) is 0.218. The molecule has 53 heavy (non-hydrogen) atoms. The molecule has 0 aromatic heterocycles. The molecule has 0 saturated carbocycles. The van der Waals surface area contributed by atoms with Crippen LogP contribution in [0.25, 0.3) is 16.7 Å². The first-order valence-electron chi connectivity index (χ1n) is 19.3. The van der Waals surface area contributed by atoms with E-state index in [0.29, 0.717) is 17.9 Å². The van der Waals surface area contributed by atoms with Gasteiger partial charge in [0.15, 0.2) is 0 Å². The fourth-order valence-corrected chi connectivity index (χ4v) is 9.79. The summed E-state index contributed by atoms with van der Waals surface area (Å²) in [6.45, 7) is 5.73. The molecule has 4 aliphatic carbocycles. The summed E-state index contributed by atoms with van der Waals surface area (Å²) >= 11 is 0. The van der Waals surface area contributed by atoms with Crippen LogP contribution in [0.1, 0.15) is 49.3 Å². The number of nitrogens with zero attached hydrogens (tertiary/aromatic N) is 2. The molecular weight excluding hydrogens is 643 g/mol. The van der Waals surface area contributed by atoms with Gasteiger partial charge in [0.1, 0.15) is 0 Å². The molecule has 0 spiro atoms. The lowest BCUT2D eigenvalue weighted by Gasteiger charge is -2.40. The molecule has 0 amide bonds. The molecule has 2 heterocycles. The van der Waals surface area contributed by atoms with Gasteiger partial charge in [-0.25, -0.2) is 0 Å². The number of hydrogen-bond donors (Lipinski definition) is 1. The van der Waals surface area contributed by atoms with Crippen molar-refractivity contribution in [3.63, 3.8) is 0 Å². The SMILES string of the molecule is CC1(C)c2ccccc2C2=CC=C(N(c3ccc(-c4ccc5c(c4)C4C=CC=CC4N5c4ccccc4)cc3)C3C=C(C4=CC=CNC4)C=CC3)CC21. The maximum atomic E-state index is 3.41. The molecule has 4 aromatic carbocycles. The average molecular weight is 688 g/mol. The molecule has 0 fully saturated rings. The van der Waals surface area contributed by atoms with Crippen LogP contribution in [-0.4, -0.2) is 18.6 Å². The Hall–Kier alpha value is -5.80. The van der Waals surface area contributed by atoms with Crippen LogP contribution in [0.3, 0.4) is 0 Å². The van der Waals surface area contributed by atoms with Crippen molar-refractivity contribution in [1.29, 1.82) is 0 Å². The van der Waals surface area contributed by atoms with Gasteiger partial charge in [0.25, 0.3) is 0 Å². The zero-order chi connectivity index (χ0) is 35.5. The number of allylic oxidation sites excluding steroid dienone is 9. The Labute approximate surface area is 314 Å². The lowest BCUT2D eigenvalue weighted by Crippen LogP contribution is -2.37. The van der Waals surface area contributed by atoms with Crippen molar-refractivity contribution in [3.05, 3.63) is 204 Å². The standard InChI is InChI=1S/C50H45N3/c1-50(2)46-19-8-6-17-42(46)43-27-26-41(32-47(43)50)52(40-16-10-12-35(30-40)37-13-11-29-51-33-37)39-24-21-34(22-25-39)36-23-28-49-45(31-36)44-18-7-9-20-48(44)53(49)38-14-4-3-5-15-38/h3-15,17-31,40,44,47-48,51H,16,32-33H2,1-2H3. The van der Waals surface area contributed by atoms with Crippen molar-refractivity contribution in [1.82, 2.24) is 5.32 Å². The van der Waals surface area contributed by atoms with E-state index in [-0.39, 0.29) is 11.5 Å². The minimum atomic E-state index is 0.0713. The molecule has 4 aromatic rings. The molecule has 260 valence electrons. The molecule has 2 aliphatic heterocycles. The second-order valence-corrected chi connectivity index (χ2v) is 15.7. The molecule has 4 unspecified atom stereocenters. The third-order valence-electron chi connectivity index (χ3n) is 12.5. The molecule has 0 radical (unpaired) electrons. The number of hydrogen-bond acceptors (Lipinski definition) is 3. The Morgan fingerprint density at radius 1 is 0.792 bits per heavy atom. The van der Waals surface area contributed by atoms with Gasteiger partial charge in [0, 0.05) is 35.2 Å². The van der Waals surface area contributed by atoms with Crippen molar-refractivity contribution in [2.75, 3.05) is 16.3 Å². The molecule has 6 aliphatic rings. The fourth-order valence-electron chi connectivity index (χ4n) is 9.79. The Balaban J connectivity index is 1.02. The van der Waals surface area contributed by atoms with E-state index in [1.165, 1.54) is 67.3 Å². The monoisotopic (exact) mass is 687 g/mol. The first kappa shape index (κ1) is 31.9. The molecule has 3 heteroatoms. The Bertz CT molecular complexity index is 2340. The summed E-state index contributed by atoms with van der Waals surface area (Å²) in [4.78, 5) is 5.14. The first-order valence-corrected chi connectivity index (χ1v) is 19.3. The highest BCUT2D eigenvalue weighted by atomic mass is 15.2. The van der Waals surface area contributed by atoms with Gasteiger partial charge in [-0.2, -0.15) is 0 Å². The van der Waals surface area contributed by atoms with Crippen LogP contribution in [0.5, 0.6) is 0 Å². The topological polar surface area (TPSA) is 18.5 Å². The molecule has 1 N–H and O–H groups in total. The normalized spacial score (nSPS) is 24.2. The van der Waals surface area contributed by atoms with Crippen LogP contribution < -0.4 is 15.1 Å². The zero-order valence-electron chi connectivity index (χ0n) is 30.5. The number of para-hydroxylation sites is 1. The van der Waals surface area contributed by atoms with Crippen molar-refractivity contribution in [2.24, 2.45) is 5.92 Å². The summed E-state index contributed by atoms with van der Waals surface area (Å²) in [5.41, 5.74) is 16.2. The molecule has 0 bridgehead atoms. The predicted octanol–water partition coefficient (Wildman–Crippen LogP) is 11.5. The van der Waals surface area contributed by atoms with Crippen LogP contribution in [0, 0.1) is 5.92 Å². The van der Waals surface area contributed by atoms with E-state index in [1.54, 1.807) is 0 Å². The van der Waals surface area contributed by atoms with E-state index in [4.69, 9.17) is 0 Å². The predicted molar refractivity (Wildman–Crippen MR) is 222 cm³/mol. The smallest absolute Gasteiger partial charge is 0.0629 e. The van der Waals surface area contributed by atoms with Crippen LogP contribution in [0.2, 0.25) is 0 Å². The Kier molecular flexibility index (Phi) is 7.65.